The first-order valence-electron chi connectivity index (χ1n) is 7.18. The molecule has 0 radical (unpaired) electrons. The lowest BCUT2D eigenvalue weighted by molar-refractivity contribution is 0.0511. The van der Waals surface area contributed by atoms with Gasteiger partial charge in [0.2, 0.25) is 0 Å². The van der Waals surface area contributed by atoms with Gasteiger partial charge in [-0.15, -0.1) is 0 Å². The molecule has 2 atom stereocenters. The zero-order valence-electron chi connectivity index (χ0n) is 12.1. The second kappa shape index (κ2) is 5.50. The molecule has 1 fully saturated rings. The molecular weight excluding hydrogens is 318 g/mol. The molecule has 23 heavy (non-hydrogen) atoms. The van der Waals surface area contributed by atoms with Crippen LogP contribution in [0.25, 0.3) is 11.7 Å². The summed E-state index contributed by atoms with van der Waals surface area (Å²) < 4.78 is 61.3. The molecule has 0 N–H and O–H groups in total. The first-order chi connectivity index (χ1) is 10.9. The van der Waals surface area contributed by atoms with Crippen LogP contribution in [0.5, 0.6) is 0 Å². The summed E-state index contributed by atoms with van der Waals surface area (Å²) in [4.78, 5) is 24.0. The molecule has 1 aromatic rings. The van der Waals surface area contributed by atoms with Crippen molar-refractivity contribution in [1.82, 2.24) is 4.57 Å². The molecule has 4 nitrogen and oxygen atoms in total. The van der Waals surface area contributed by atoms with Crippen molar-refractivity contribution in [2.24, 2.45) is 0 Å². The van der Waals surface area contributed by atoms with Crippen LogP contribution < -0.4 is 16.0 Å². The minimum Gasteiger partial charge on any atom is -0.461 e. The average Bonchev–Trinajstić information content (AvgIpc) is 3.34. The molecule has 1 saturated carbocycles. The third-order valence-electron chi connectivity index (χ3n) is 3.85. The summed E-state index contributed by atoms with van der Waals surface area (Å²) in [5.74, 6) is -4.13. The molecule has 0 aliphatic heterocycles. The first kappa shape index (κ1) is 15.8. The Hall–Kier alpha value is -2.12. The number of pyridine rings is 1. The van der Waals surface area contributed by atoms with Crippen molar-refractivity contribution >= 4 is 17.6 Å². The highest BCUT2D eigenvalue weighted by molar-refractivity contribution is 5.87. The van der Waals surface area contributed by atoms with Crippen molar-refractivity contribution in [3.8, 4) is 0 Å². The Balaban J connectivity index is 2.46. The summed E-state index contributed by atoms with van der Waals surface area (Å²) in [6.45, 7) is 1.56. The van der Waals surface area contributed by atoms with Gasteiger partial charge < -0.3 is 9.30 Å². The monoisotopic (exact) mass is 331 g/mol. The maximum absolute atomic E-state index is 14.3. The van der Waals surface area contributed by atoms with Gasteiger partial charge >= 0.3 is 5.97 Å². The fraction of sp³-hybridized carbons (Fsp3) is 0.467. The number of alkyl halides is 2. The zero-order chi connectivity index (χ0) is 16.9. The maximum Gasteiger partial charge on any atom is 0.355 e. The summed E-state index contributed by atoms with van der Waals surface area (Å²) in [5, 5.41) is -1.55. The molecule has 1 heterocycles. The summed E-state index contributed by atoms with van der Waals surface area (Å²) in [7, 11) is 0. The molecule has 0 saturated heterocycles. The van der Waals surface area contributed by atoms with Crippen molar-refractivity contribution in [1.29, 1.82) is 0 Å². The number of fused-ring (bicyclic) bond motifs is 1. The van der Waals surface area contributed by atoms with Gasteiger partial charge in [-0.1, -0.05) is 0 Å². The number of hydrogen-bond acceptors (Lipinski definition) is 3. The van der Waals surface area contributed by atoms with Gasteiger partial charge in [0.1, 0.15) is 5.69 Å². The lowest BCUT2D eigenvalue weighted by atomic mass is 10.0. The van der Waals surface area contributed by atoms with Crippen LogP contribution in [0.1, 0.15) is 36.3 Å². The Kier molecular flexibility index (Phi) is 3.77. The highest BCUT2D eigenvalue weighted by atomic mass is 19.2. The number of carbonyl (C=O) groups excluding carboxylic acids is 1. The fourth-order valence-electron chi connectivity index (χ4n) is 2.69. The van der Waals surface area contributed by atoms with Gasteiger partial charge in [-0.05, 0) is 19.8 Å². The van der Waals surface area contributed by atoms with E-state index in [1.54, 1.807) is 6.92 Å². The van der Waals surface area contributed by atoms with E-state index in [1.807, 2.05) is 0 Å². The van der Waals surface area contributed by atoms with Gasteiger partial charge in [-0.2, -0.15) is 0 Å². The van der Waals surface area contributed by atoms with E-state index < -0.39 is 46.0 Å². The molecule has 0 aromatic carbocycles. The Bertz CT molecular complexity index is 857. The van der Waals surface area contributed by atoms with Crippen molar-refractivity contribution < 1.29 is 27.1 Å². The molecule has 0 bridgehead atoms. The maximum atomic E-state index is 14.3. The second-order valence-corrected chi connectivity index (χ2v) is 5.44. The minimum absolute atomic E-state index is 0.0136. The quantitative estimate of drug-likeness (QED) is 0.618. The molecule has 124 valence electrons. The fourth-order valence-corrected chi connectivity index (χ4v) is 2.69. The predicted octanol–water partition coefficient (Wildman–Crippen LogP) is 1.21. The van der Waals surface area contributed by atoms with Crippen LogP contribution >= 0.6 is 0 Å². The normalized spacial score (nSPS) is 23.7. The standard InChI is InChI=1S/C15H13F4NO3/c1-2-23-15(22)7-5-8(21)9-10(16)11(17)12(18)13(19)14(9)20(7)6-3-4-6/h5-6,11-12H,2-4H2,1H3. The van der Waals surface area contributed by atoms with Crippen LogP contribution in [-0.4, -0.2) is 29.5 Å². The predicted molar refractivity (Wildman–Crippen MR) is 73.0 cm³/mol. The summed E-state index contributed by atoms with van der Waals surface area (Å²) >= 11 is 0. The molecule has 2 unspecified atom stereocenters. The Morgan fingerprint density at radius 2 is 1.87 bits per heavy atom. The van der Waals surface area contributed by atoms with E-state index in [1.165, 1.54) is 0 Å². The number of ether oxygens (including phenoxy) is 1. The van der Waals surface area contributed by atoms with Crippen molar-refractivity contribution in [2.45, 2.75) is 38.2 Å². The number of esters is 1. The average molecular weight is 331 g/mol. The van der Waals surface area contributed by atoms with E-state index in [4.69, 9.17) is 4.74 Å². The van der Waals surface area contributed by atoms with E-state index in [0.29, 0.717) is 12.8 Å². The van der Waals surface area contributed by atoms with Crippen LogP contribution in [-0.2, 0) is 4.74 Å². The Morgan fingerprint density at radius 3 is 2.43 bits per heavy atom. The van der Waals surface area contributed by atoms with Gasteiger partial charge in [0.05, 0.1) is 17.2 Å². The molecule has 2 aliphatic rings. The van der Waals surface area contributed by atoms with Crippen LogP contribution in [0.15, 0.2) is 10.9 Å². The van der Waals surface area contributed by atoms with Gasteiger partial charge in [0, 0.05) is 12.1 Å². The first-order valence-corrected chi connectivity index (χ1v) is 7.18. The molecule has 1 aromatic heterocycles. The zero-order valence-corrected chi connectivity index (χ0v) is 12.1. The van der Waals surface area contributed by atoms with Crippen LogP contribution in [0.3, 0.4) is 0 Å². The smallest absolute Gasteiger partial charge is 0.355 e. The van der Waals surface area contributed by atoms with Crippen LogP contribution in [0.4, 0.5) is 17.6 Å². The van der Waals surface area contributed by atoms with Gasteiger partial charge in [-0.3, -0.25) is 4.79 Å². The van der Waals surface area contributed by atoms with E-state index in [2.05, 4.69) is 0 Å². The van der Waals surface area contributed by atoms with Crippen molar-refractivity contribution in [2.75, 3.05) is 6.61 Å². The summed E-state index contributed by atoms with van der Waals surface area (Å²) in [6.07, 6.45) is -4.61. The van der Waals surface area contributed by atoms with E-state index in [0.717, 1.165) is 10.6 Å². The van der Waals surface area contributed by atoms with E-state index in [-0.39, 0.29) is 18.3 Å². The minimum atomic E-state index is -2.86. The molecule has 0 amide bonds. The Morgan fingerprint density at radius 1 is 1.26 bits per heavy atom. The number of aromatic nitrogens is 1. The molecule has 0 spiro atoms. The molecule has 2 aliphatic carbocycles. The lowest BCUT2D eigenvalue weighted by Gasteiger charge is -2.20. The third kappa shape index (κ3) is 2.36. The van der Waals surface area contributed by atoms with Crippen LogP contribution in [0, 0.1) is 0 Å². The van der Waals surface area contributed by atoms with E-state index in [9.17, 15) is 27.2 Å². The number of hydrogen-bond donors (Lipinski definition) is 0. The van der Waals surface area contributed by atoms with Gasteiger partial charge in [-0.25, -0.2) is 22.4 Å². The third-order valence-corrected chi connectivity index (χ3v) is 3.85. The van der Waals surface area contributed by atoms with E-state index >= 15 is 0 Å². The van der Waals surface area contributed by atoms with Gasteiger partial charge in [0.25, 0.3) is 0 Å². The topological polar surface area (TPSA) is 48.3 Å². The van der Waals surface area contributed by atoms with Gasteiger partial charge in [0.15, 0.2) is 29.4 Å². The number of halogens is 4. The van der Waals surface area contributed by atoms with Crippen LogP contribution in [0.2, 0.25) is 0 Å². The number of carbonyl (C=O) groups is 1. The number of rotatable bonds is 3. The second-order valence-electron chi connectivity index (χ2n) is 5.44. The highest BCUT2D eigenvalue weighted by Crippen LogP contribution is 2.35. The largest absolute Gasteiger partial charge is 0.461 e. The highest BCUT2D eigenvalue weighted by Gasteiger charge is 2.39. The molecule has 3 rings (SSSR count). The number of nitrogens with zero attached hydrogens (tertiary/aromatic N) is 1. The lowest BCUT2D eigenvalue weighted by Crippen LogP contribution is -2.54. The Labute approximate surface area is 127 Å². The molecular formula is C15H13F4NO3. The molecule has 8 heteroatoms. The summed E-state index contributed by atoms with van der Waals surface area (Å²) in [5.41, 5.74) is -1.37. The summed E-state index contributed by atoms with van der Waals surface area (Å²) in [6, 6.07) is 0.401. The van der Waals surface area contributed by atoms with Crippen molar-refractivity contribution in [3.63, 3.8) is 0 Å². The SMILES string of the molecule is CCOC(=O)c1cc(=O)c2c(n1C1CC1)=C(F)C(F)C(F)C=2F. The van der Waals surface area contributed by atoms with Crippen molar-refractivity contribution in [3.05, 3.63) is 32.6 Å².